The van der Waals surface area contributed by atoms with E-state index in [1.807, 2.05) is 0 Å². The Balaban J connectivity index is 1.55. The Morgan fingerprint density at radius 1 is 0.933 bits per heavy atom. The average molecular weight is 410 g/mol. The number of benzene rings is 1. The van der Waals surface area contributed by atoms with Crippen LogP contribution in [0.2, 0.25) is 0 Å². The third-order valence-electron chi connectivity index (χ3n) is 6.54. The fourth-order valence-corrected chi connectivity index (χ4v) is 4.57. The van der Waals surface area contributed by atoms with Gasteiger partial charge in [0.1, 0.15) is 6.07 Å². The highest BCUT2D eigenvalue weighted by Crippen LogP contribution is 2.32. The molecule has 0 aliphatic heterocycles. The summed E-state index contributed by atoms with van der Waals surface area (Å²) in [5, 5.41) is 8.42. The van der Waals surface area contributed by atoms with Crippen molar-refractivity contribution in [2.24, 2.45) is 11.8 Å². The van der Waals surface area contributed by atoms with E-state index in [0.29, 0.717) is 5.92 Å². The van der Waals surface area contributed by atoms with Gasteiger partial charge in [-0.05, 0) is 80.4 Å². The first-order valence-electron chi connectivity index (χ1n) is 12.2. The van der Waals surface area contributed by atoms with Crippen LogP contribution in [0.3, 0.4) is 0 Å². The average Bonchev–Trinajstić information content (AvgIpc) is 2.78. The van der Waals surface area contributed by atoms with Crippen LogP contribution >= 0.6 is 0 Å². The van der Waals surface area contributed by atoms with Crippen LogP contribution in [0.25, 0.3) is 0 Å². The second-order valence-corrected chi connectivity index (χ2v) is 9.02. The van der Waals surface area contributed by atoms with Gasteiger partial charge in [0, 0.05) is 0 Å². The first kappa shape index (κ1) is 24.4. The molecule has 1 aliphatic carbocycles. The van der Waals surface area contributed by atoms with Crippen LogP contribution in [0.4, 0.5) is 4.39 Å². The van der Waals surface area contributed by atoms with E-state index in [4.69, 9.17) is 5.26 Å². The van der Waals surface area contributed by atoms with Gasteiger partial charge >= 0.3 is 0 Å². The number of nitrogens with zero attached hydrogens (tertiary/aromatic N) is 1. The van der Waals surface area contributed by atoms with Gasteiger partial charge in [-0.15, -0.1) is 0 Å². The van der Waals surface area contributed by atoms with E-state index in [1.165, 1.54) is 113 Å². The zero-order valence-corrected chi connectivity index (χ0v) is 18.9. The number of hydrogen-bond donors (Lipinski definition) is 0. The number of rotatable bonds is 13. The Morgan fingerprint density at radius 3 is 2.13 bits per heavy atom. The minimum absolute atomic E-state index is 0.550. The molecule has 0 saturated heterocycles. The van der Waals surface area contributed by atoms with E-state index in [0.717, 1.165) is 5.92 Å². The predicted molar refractivity (Wildman–Crippen MR) is 126 cm³/mol. The Bertz CT molecular complexity index is 672. The van der Waals surface area contributed by atoms with Gasteiger partial charge in [-0.1, -0.05) is 81.9 Å². The van der Waals surface area contributed by atoms with Gasteiger partial charge in [-0.25, -0.2) is 0 Å². The maximum absolute atomic E-state index is 12.8. The molecule has 164 valence electrons. The van der Waals surface area contributed by atoms with Gasteiger partial charge in [0.25, 0.3) is 0 Å². The van der Waals surface area contributed by atoms with Gasteiger partial charge in [0.2, 0.25) is 0 Å². The van der Waals surface area contributed by atoms with Gasteiger partial charge in [-0.2, -0.15) is 9.65 Å². The van der Waals surface area contributed by atoms with Crippen LogP contribution < -0.4 is 0 Å². The molecule has 1 saturated carbocycles. The fraction of sp³-hybridized carbons (Fsp3) is 0.607. The molecular weight excluding hydrogens is 369 g/mol. The van der Waals surface area contributed by atoms with Crippen LogP contribution in [0.1, 0.15) is 95.1 Å². The van der Waals surface area contributed by atoms with Crippen LogP contribution in [-0.4, -0.2) is 0 Å². The molecule has 0 unspecified atom stereocenters. The molecule has 0 bridgehead atoms. The number of unbranched alkanes of at least 4 members (excludes halogenated alkanes) is 5. The fourth-order valence-electron chi connectivity index (χ4n) is 4.57. The Kier molecular flexibility index (Phi) is 12.2. The third-order valence-corrected chi connectivity index (χ3v) is 6.54. The first-order chi connectivity index (χ1) is 14.7. The summed E-state index contributed by atoms with van der Waals surface area (Å²) in [6.45, 7) is 2.27. The van der Waals surface area contributed by atoms with Crippen LogP contribution in [0.5, 0.6) is 0 Å². The normalized spacial score (nSPS) is 19.8. The lowest BCUT2D eigenvalue weighted by atomic mass is 9.79. The van der Waals surface area contributed by atoms with Crippen molar-refractivity contribution in [1.82, 2.24) is 0 Å². The summed E-state index contributed by atoms with van der Waals surface area (Å²) in [6.07, 6.45) is 23.2. The Hall–Kier alpha value is -1.88. The lowest BCUT2D eigenvalue weighted by Crippen LogP contribution is -2.13. The number of allylic oxidation sites excluding steroid dienone is 4. The van der Waals surface area contributed by atoms with Crippen molar-refractivity contribution in [3.05, 3.63) is 59.4 Å². The maximum atomic E-state index is 12.8. The van der Waals surface area contributed by atoms with Crippen molar-refractivity contribution in [1.29, 1.82) is 5.26 Å². The zero-order chi connectivity index (χ0) is 21.4. The van der Waals surface area contributed by atoms with E-state index in [2.05, 4.69) is 37.3 Å². The molecule has 0 heterocycles. The number of halogens is 1. The SMILES string of the molecule is CCCCCCCc1ccc(CCCCC2CCC(C=CC=C(F)C#N)CC2)cc1. The molecule has 2 rings (SSSR count). The molecular formula is C28H40FN. The van der Waals surface area contributed by atoms with Crippen molar-refractivity contribution >= 4 is 0 Å². The first-order valence-corrected chi connectivity index (χ1v) is 12.2. The molecule has 0 spiro atoms. The quantitative estimate of drug-likeness (QED) is 0.182. The maximum Gasteiger partial charge on any atom is 0.199 e. The van der Waals surface area contributed by atoms with Gasteiger partial charge < -0.3 is 0 Å². The van der Waals surface area contributed by atoms with Crippen molar-refractivity contribution in [2.45, 2.75) is 96.8 Å². The van der Waals surface area contributed by atoms with Crippen molar-refractivity contribution in [2.75, 3.05) is 0 Å². The van der Waals surface area contributed by atoms with E-state index < -0.39 is 5.83 Å². The summed E-state index contributed by atoms with van der Waals surface area (Å²) in [4.78, 5) is 0. The molecule has 0 aromatic heterocycles. The third kappa shape index (κ3) is 10.2. The van der Waals surface area contributed by atoms with Crippen molar-refractivity contribution < 1.29 is 4.39 Å². The minimum atomic E-state index is -0.711. The van der Waals surface area contributed by atoms with Crippen molar-refractivity contribution in [3.8, 4) is 6.07 Å². The monoisotopic (exact) mass is 409 g/mol. The Labute approximate surface area is 184 Å². The summed E-state index contributed by atoms with van der Waals surface area (Å²) < 4.78 is 12.8. The molecule has 1 aromatic carbocycles. The van der Waals surface area contributed by atoms with E-state index in [-0.39, 0.29) is 0 Å². The molecule has 0 amide bonds. The molecule has 1 aliphatic rings. The van der Waals surface area contributed by atoms with E-state index >= 15 is 0 Å². The van der Waals surface area contributed by atoms with Gasteiger partial charge in [0.15, 0.2) is 5.83 Å². The lowest BCUT2D eigenvalue weighted by Gasteiger charge is -2.26. The summed E-state index contributed by atoms with van der Waals surface area (Å²) in [7, 11) is 0. The van der Waals surface area contributed by atoms with Gasteiger partial charge in [0.05, 0.1) is 0 Å². The molecule has 2 heteroatoms. The lowest BCUT2D eigenvalue weighted by molar-refractivity contribution is 0.289. The highest BCUT2D eigenvalue weighted by Gasteiger charge is 2.18. The van der Waals surface area contributed by atoms with Gasteiger partial charge in [-0.3, -0.25) is 0 Å². The molecule has 1 aromatic rings. The smallest absolute Gasteiger partial charge is 0.195 e. The Morgan fingerprint density at radius 2 is 1.53 bits per heavy atom. The second-order valence-electron chi connectivity index (χ2n) is 9.02. The van der Waals surface area contributed by atoms with E-state index in [9.17, 15) is 4.39 Å². The predicted octanol–water partition coefficient (Wildman–Crippen LogP) is 8.65. The highest BCUT2D eigenvalue weighted by molar-refractivity contribution is 5.22. The molecule has 1 fully saturated rings. The summed E-state index contributed by atoms with van der Waals surface area (Å²) >= 11 is 0. The largest absolute Gasteiger partial charge is 0.199 e. The molecule has 0 radical (unpaired) electrons. The summed E-state index contributed by atoms with van der Waals surface area (Å²) in [5.74, 6) is 0.697. The zero-order valence-electron chi connectivity index (χ0n) is 18.9. The van der Waals surface area contributed by atoms with Crippen LogP contribution in [-0.2, 0) is 12.8 Å². The second kappa shape index (κ2) is 15.0. The number of aryl methyl sites for hydroxylation is 2. The number of nitriles is 1. The van der Waals surface area contributed by atoms with Crippen molar-refractivity contribution in [3.63, 3.8) is 0 Å². The highest BCUT2D eigenvalue weighted by atomic mass is 19.1. The van der Waals surface area contributed by atoms with E-state index in [1.54, 1.807) is 6.08 Å². The number of hydrogen-bond acceptors (Lipinski definition) is 1. The standard InChI is InChI=1S/C28H40FN/c1-2-3-4-5-6-10-24-15-17-25(18-16-24)11-7-8-12-26-19-21-27(22-20-26)13-9-14-28(29)23-30/h9,13-18,26-27H,2-8,10-12,19-22H2,1H3. The molecule has 30 heavy (non-hydrogen) atoms. The molecule has 0 atom stereocenters. The van der Waals surface area contributed by atoms with Crippen LogP contribution in [0.15, 0.2) is 48.3 Å². The minimum Gasteiger partial charge on any atom is -0.195 e. The summed E-state index contributed by atoms with van der Waals surface area (Å²) in [5.41, 5.74) is 2.98. The van der Waals surface area contributed by atoms with Crippen LogP contribution in [0, 0.1) is 23.2 Å². The molecule has 0 N–H and O–H groups in total. The summed E-state index contributed by atoms with van der Waals surface area (Å²) in [6, 6.07) is 10.9. The topological polar surface area (TPSA) is 23.8 Å². The molecule has 1 nitrogen and oxygen atoms in total.